The van der Waals surface area contributed by atoms with Gasteiger partial charge in [-0.1, -0.05) is 30.3 Å². The normalized spacial score (nSPS) is 11.8. The lowest BCUT2D eigenvalue weighted by atomic mass is 9.96. The van der Waals surface area contributed by atoms with Crippen LogP contribution in [0.5, 0.6) is 28.7 Å². The number of aromatic hydroxyl groups is 1. The van der Waals surface area contributed by atoms with Gasteiger partial charge in [0.1, 0.15) is 83.9 Å². The number of hydrogen-bond donors (Lipinski definition) is 9. The largest absolute Gasteiger partial charge is 0.508 e. The lowest BCUT2D eigenvalue weighted by Gasteiger charge is -2.24. The van der Waals surface area contributed by atoms with Crippen LogP contribution in [0.4, 0.5) is 28.4 Å². The number of aliphatic carboxylic acids is 1. The molecule has 0 aromatic heterocycles. The van der Waals surface area contributed by atoms with Gasteiger partial charge < -0.3 is 119 Å². The molecule has 0 fully saturated rings. The number of benzene rings is 5. The number of carbonyl (C=O) groups excluding carboxylic acids is 9. The number of carboxylic acids is 1. The number of aliphatic hydroxyl groups is 1. The summed E-state index contributed by atoms with van der Waals surface area (Å²) < 4.78 is 43.3. The molecule has 11 N–H and O–H groups in total. The molecule has 0 saturated heterocycles. The van der Waals surface area contributed by atoms with Gasteiger partial charge in [0.15, 0.2) is 0 Å². The third kappa shape index (κ3) is 64.3. The molecule has 0 aliphatic rings. The first-order valence-electron chi connectivity index (χ1n) is 38.4. The second-order valence-electron chi connectivity index (χ2n) is 29.8. The first-order valence-corrected chi connectivity index (χ1v) is 41.1. The Morgan fingerprint density at radius 2 is 0.742 bits per heavy atom. The zero-order valence-corrected chi connectivity index (χ0v) is 75.5. The lowest BCUT2D eigenvalue weighted by Crippen LogP contribution is -2.40. The second-order valence-corrected chi connectivity index (χ2v) is 31.6. The van der Waals surface area contributed by atoms with Crippen LogP contribution in [0.1, 0.15) is 115 Å². The van der Waals surface area contributed by atoms with E-state index >= 15 is 0 Å². The fourth-order valence-corrected chi connectivity index (χ4v) is 10.2. The third-order valence-electron chi connectivity index (χ3n) is 14.2. The molecule has 0 aliphatic carbocycles. The Bertz CT molecular complexity index is 3920. The quantitative estimate of drug-likeness (QED) is 0.00256. The minimum absolute atomic E-state index is 0.0173. The number of aldehydes is 1. The van der Waals surface area contributed by atoms with Gasteiger partial charge in [-0.3, -0.25) is 44.2 Å². The molecular weight excluding hydrogens is 1720 g/mol. The van der Waals surface area contributed by atoms with Gasteiger partial charge in [-0.15, -0.1) is 58.0 Å². The lowest BCUT2D eigenvalue weighted by molar-refractivity contribution is -0.385. The van der Waals surface area contributed by atoms with Crippen LogP contribution in [0.3, 0.4) is 0 Å². The molecule has 0 aliphatic heterocycles. The summed E-state index contributed by atoms with van der Waals surface area (Å²) in [4.78, 5) is 132. The van der Waals surface area contributed by atoms with Crippen molar-refractivity contribution in [2.45, 2.75) is 168 Å². The van der Waals surface area contributed by atoms with E-state index in [1.54, 1.807) is 119 Å². The summed E-state index contributed by atoms with van der Waals surface area (Å²) in [7, 11) is 4.78. The Hall–Kier alpha value is -9.53. The molecule has 5 aromatic rings. The number of nitro benzene ring substituents is 2. The molecule has 4 radical (unpaired) electrons. The number of phenolic OH excluding ortho intramolecular Hbond substituents is 1. The summed E-state index contributed by atoms with van der Waals surface area (Å²) in [6, 6.07) is 30.7. The van der Waals surface area contributed by atoms with Crippen LogP contribution in [0, 0.1) is 20.2 Å². The van der Waals surface area contributed by atoms with Crippen LogP contribution in [-0.4, -0.2) is 257 Å². The maximum Gasteiger partial charge on any atom is 0.307 e. The van der Waals surface area contributed by atoms with E-state index in [0.717, 1.165) is 32.3 Å². The topological polar surface area (TPSA) is 498 Å². The number of phenols is 1. The highest BCUT2D eigenvalue weighted by Gasteiger charge is 2.26. The van der Waals surface area contributed by atoms with Gasteiger partial charge in [0, 0.05) is 127 Å². The van der Waals surface area contributed by atoms with Crippen LogP contribution >= 0.6 is 58.0 Å². The molecule has 5 aromatic carbocycles. The minimum atomic E-state index is -0.935. The van der Waals surface area contributed by atoms with E-state index in [9.17, 15) is 63.4 Å². The Morgan fingerprint density at radius 1 is 0.452 bits per heavy atom. The molecule has 0 spiro atoms. The molecule has 682 valence electrons. The van der Waals surface area contributed by atoms with Gasteiger partial charge in [0.2, 0.25) is 0 Å². The SMILES string of the molecule is CC(C)(C)OC(=O)C[C@H](CO)N[B]C=O.CC(C)(C)OC(=O)C[C@H](COc1cccc(N(CCCl)CCCl)c1)N[B]C=O.CC(C)(C)OC(=O)C[C@H](COc1cccc(N)c1)N[B]C=O.CC(C)(C)OC(=O)C[C@H](COc1cccc([N+](=O)[O-])c1)N[B]C=O.N[C@@H](COc1cccc(N(CCCl)CCCl)c1)CC(=O)O.O=CCCl.O=[N+]([O-])c1cccc(O)c1. The summed E-state index contributed by atoms with van der Waals surface area (Å²) in [5.41, 5.74) is 11.4. The standard InChI is InChI=1S/C19H28BCl2N2O4.C15H20BN2O6.C15H22BN2O4.C14H20Cl2N2O3.C9H17BNO4.C6H5NO3.C2H3ClO/c1-19(2,3)28-18(26)11-15(23-20-14-25)13-27-17-6-4-5-16(12-17)24(9-7-21)10-8-22;1-15(2,3)24-14(20)7-11(17-16-10-19)9-23-13-6-4-5-12(8-13)18(21)22;1-15(2,3)22-14(20)8-12(18-16-10-19)9-21-13-6-4-5-11(17)7-13;15-4-6-18(7-5-16)12-2-1-3-13(9-12)21-10-11(17)8-14(19)20;1-9(2,3)15-8(14)4-7(5-12)11-10-6-13;8-6-3-1-2-5(4-6)7(9)10;3-1-2-4/h4-6,12,14-15,23H,7-11,13H2,1-3H3;4-6,8,10-11,17H,7,9H2,1-3H3;4-7,10,12,18H,8-9,17H2,1-3H3;1-3,9,11H,4-8,10,17H2,(H,19,20);6-7,11-12H,4-5H2,1-3H3;1-4,8H;2H,1H2/t15-;11-;12-;11-;7-;;/m11111../s1. The van der Waals surface area contributed by atoms with Crippen LogP contribution < -0.4 is 61.1 Å². The number of esters is 4. The number of halogens is 5. The number of ether oxygens (including phenoxy) is 8. The first-order chi connectivity index (χ1) is 58.4. The average Bonchev–Trinajstić information content (AvgIpc) is 0.885. The number of nitrogens with one attached hydrogen (secondary N) is 4. The third-order valence-corrected chi connectivity index (χ3v) is 15.0. The van der Waals surface area contributed by atoms with Crippen molar-refractivity contribution >= 4 is 177 Å². The number of hydrogen-bond acceptors (Lipinski definition) is 32. The van der Waals surface area contributed by atoms with Crippen LogP contribution in [0.15, 0.2) is 121 Å². The monoisotopic (exact) mass is 1830 g/mol. The van der Waals surface area contributed by atoms with Crippen molar-refractivity contribution in [2.75, 3.05) is 104 Å². The number of nitro groups is 2. The molecule has 0 amide bonds. The van der Waals surface area contributed by atoms with E-state index in [1.165, 1.54) is 51.2 Å². The Balaban J connectivity index is 0. The van der Waals surface area contributed by atoms with Gasteiger partial charge in [-0.25, -0.2) is 0 Å². The maximum atomic E-state index is 12.1. The van der Waals surface area contributed by atoms with Crippen LogP contribution in [0.25, 0.3) is 0 Å². The molecule has 0 heterocycles. The Kier molecular flexibility index (Phi) is 62.9. The van der Waals surface area contributed by atoms with Crippen molar-refractivity contribution < 1.29 is 111 Å². The summed E-state index contributed by atoms with van der Waals surface area (Å²) in [6.45, 7) is 24.5. The number of nitrogens with two attached hydrogens (primary N) is 2. The summed E-state index contributed by atoms with van der Waals surface area (Å²) in [5.74, 6) is 1.69. The van der Waals surface area contributed by atoms with Crippen molar-refractivity contribution in [3.8, 4) is 28.7 Å². The van der Waals surface area contributed by atoms with E-state index in [2.05, 4.69) is 30.7 Å². The summed E-state index contributed by atoms with van der Waals surface area (Å²) >= 11 is 28.1. The zero-order chi connectivity index (χ0) is 94.3. The molecule has 35 nitrogen and oxygen atoms in total. The predicted molar refractivity (Wildman–Crippen MR) is 485 cm³/mol. The number of alkyl halides is 5. The highest BCUT2D eigenvalue weighted by atomic mass is 35.5. The van der Waals surface area contributed by atoms with Crippen LogP contribution in [0.2, 0.25) is 0 Å². The Morgan fingerprint density at radius 3 is 1.02 bits per heavy atom. The average molecular weight is 1840 g/mol. The van der Waals surface area contributed by atoms with Crippen molar-refractivity contribution in [1.82, 2.24) is 20.9 Å². The first kappa shape index (κ1) is 117. The molecule has 5 atom stereocenters. The van der Waals surface area contributed by atoms with E-state index in [-0.39, 0.29) is 106 Å². The second kappa shape index (κ2) is 66.9. The fourth-order valence-electron chi connectivity index (χ4n) is 9.38. The van der Waals surface area contributed by atoms with Crippen molar-refractivity contribution in [3.05, 3.63) is 142 Å². The number of carbonyl (C=O) groups is 10. The Labute approximate surface area is 752 Å². The zero-order valence-electron chi connectivity index (χ0n) is 71.7. The predicted octanol–water partition coefficient (Wildman–Crippen LogP) is 8.82. The maximum absolute atomic E-state index is 12.1. The van der Waals surface area contributed by atoms with Crippen molar-refractivity contribution in [1.29, 1.82) is 0 Å². The van der Waals surface area contributed by atoms with Crippen molar-refractivity contribution in [2.24, 2.45) is 5.73 Å². The smallest absolute Gasteiger partial charge is 0.307 e. The highest BCUT2D eigenvalue weighted by molar-refractivity contribution is 6.65. The summed E-state index contributed by atoms with van der Waals surface area (Å²) in [5, 5.41) is 58.1. The summed E-state index contributed by atoms with van der Waals surface area (Å²) in [6.07, 6.45) is 3.03. The van der Waals surface area contributed by atoms with Gasteiger partial charge in [0.05, 0.1) is 91.3 Å². The van der Waals surface area contributed by atoms with E-state index in [4.69, 9.17) is 127 Å². The highest BCUT2D eigenvalue weighted by Crippen LogP contribution is 2.26. The number of rotatable bonds is 48. The number of carboxylic acid groups (broad SMARTS) is 1. The molecule has 44 heteroatoms. The van der Waals surface area contributed by atoms with E-state index in [1.807, 2.05) is 42.5 Å². The van der Waals surface area contributed by atoms with Gasteiger partial charge in [-0.2, -0.15) is 0 Å². The number of non-ortho nitro benzene ring substituents is 2. The number of anilines is 3. The molecule has 0 bridgehead atoms. The van der Waals surface area contributed by atoms with E-state index in [0.29, 0.717) is 109 Å². The molecular formula is C80H115B4Cl5N10O25. The van der Waals surface area contributed by atoms with E-state index < -0.39 is 74.3 Å². The molecule has 0 unspecified atom stereocenters. The van der Waals surface area contributed by atoms with Crippen molar-refractivity contribution in [3.63, 3.8) is 0 Å². The number of aliphatic hydroxyl groups excluding tert-OH is 1. The number of nitrogens with zero attached hydrogens (tertiary/aromatic N) is 4. The molecule has 5 rings (SSSR count). The minimum Gasteiger partial charge on any atom is -0.508 e. The number of nitrogen functional groups attached to an aromatic ring is 1. The van der Waals surface area contributed by atoms with Gasteiger partial charge in [0.25, 0.3) is 41.0 Å². The molecule has 124 heavy (non-hydrogen) atoms. The van der Waals surface area contributed by atoms with Gasteiger partial charge >= 0.3 is 29.8 Å². The van der Waals surface area contributed by atoms with Gasteiger partial charge in [-0.05, 0) is 132 Å². The fraction of sp³-hybridized carbons (Fsp3) is 0.500. The van der Waals surface area contributed by atoms with Crippen LogP contribution in [-0.2, 0) is 66.9 Å². The molecule has 0 saturated carbocycles.